The Morgan fingerprint density at radius 2 is 2.10 bits per heavy atom. The summed E-state index contributed by atoms with van der Waals surface area (Å²) in [5, 5.41) is 3.58. The zero-order valence-corrected chi connectivity index (χ0v) is 13.7. The first-order valence-electron chi connectivity index (χ1n) is 7.81. The van der Waals surface area contributed by atoms with E-state index in [9.17, 15) is 0 Å². The van der Waals surface area contributed by atoms with Crippen LogP contribution in [0.2, 0.25) is 0 Å². The van der Waals surface area contributed by atoms with Gasteiger partial charge in [0.25, 0.3) is 0 Å². The molecule has 1 aliphatic rings. The van der Waals surface area contributed by atoms with E-state index in [0.29, 0.717) is 0 Å². The van der Waals surface area contributed by atoms with Crippen molar-refractivity contribution in [2.24, 2.45) is 5.92 Å². The lowest BCUT2D eigenvalue weighted by atomic mass is 9.94. The topological polar surface area (TPSA) is 15.3 Å². The van der Waals surface area contributed by atoms with Crippen LogP contribution >= 0.6 is 11.3 Å². The number of thiophene rings is 1. The largest absolute Gasteiger partial charge is 0.370 e. The fourth-order valence-corrected chi connectivity index (χ4v) is 3.98. The molecule has 0 amide bonds. The molecule has 21 heavy (non-hydrogen) atoms. The highest BCUT2D eigenvalue weighted by Crippen LogP contribution is 2.28. The molecule has 1 aromatic heterocycles. The number of nitrogens with one attached hydrogen (secondary N) is 1. The van der Waals surface area contributed by atoms with Crippen LogP contribution in [0.5, 0.6) is 0 Å². The molecule has 1 N–H and O–H groups in total. The second-order valence-corrected chi connectivity index (χ2v) is 7.45. The van der Waals surface area contributed by atoms with Crippen molar-refractivity contribution in [2.45, 2.75) is 26.8 Å². The second kappa shape index (κ2) is 6.63. The van der Waals surface area contributed by atoms with Crippen molar-refractivity contribution in [1.29, 1.82) is 0 Å². The maximum atomic E-state index is 3.58. The van der Waals surface area contributed by atoms with E-state index in [1.54, 1.807) is 0 Å². The molecule has 3 rings (SSSR count). The molecule has 2 nitrogen and oxygen atoms in total. The number of rotatable bonds is 5. The molecular weight excluding hydrogens is 276 g/mol. The van der Waals surface area contributed by atoms with Gasteiger partial charge in [-0.15, -0.1) is 11.3 Å². The van der Waals surface area contributed by atoms with Crippen molar-refractivity contribution >= 4 is 17.0 Å². The smallest absolute Gasteiger partial charge is 0.0399 e. The van der Waals surface area contributed by atoms with Crippen molar-refractivity contribution in [3.05, 3.63) is 51.7 Å². The molecule has 1 aromatic carbocycles. The Hall–Kier alpha value is -1.32. The van der Waals surface area contributed by atoms with Crippen molar-refractivity contribution in [3.8, 4) is 0 Å². The van der Waals surface area contributed by atoms with Crippen LogP contribution in [0.25, 0.3) is 0 Å². The summed E-state index contributed by atoms with van der Waals surface area (Å²) >= 11 is 1.89. The number of hydrogen-bond acceptors (Lipinski definition) is 3. The third kappa shape index (κ3) is 3.66. The standard InChI is InChI=1S/C18H24N2S/c1-14-11-16-5-3-4-6-18(16)20(13-14)10-9-19-12-17-8-7-15(2)21-17/h3-8,14,19H,9-13H2,1-2H3. The maximum absolute atomic E-state index is 3.58. The Bertz CT molecular complexity index is 590. The number of hydrogen-bond donors (Lipinski definition) is 1. The first kappa shape index (κ1) is 14.6. The van der Waals surface area contributed by atoms with Crippen molar-refractivity contribution in [1.82, 2.24) is 5.32 Å². The van der Waals surface area contributed by atoms with Gasteiger partial charge in [0.05, 0.1) is 0 Å². The summed E-state index contributed by atoms with van der Waals surface area (Å²) in [6, 6.07) is 13.3. The molecule has 0 aliphatic carbocycles. The van der Waals surface area contributed by atoms with Gasteiger partial charge >= 0.3 is 0 Å². The monoisotopic (exact) mass is 300 g/mol. The van der Waals surface area contributed by atoms with Gasteiger partial charge < -0.3 is 10.2 Å². The minimum Gasteiger partial charge on any atom is -0.370 e. The third-order valence-corrected chi connectivity index (χ3v) is 5.09. The lowest BCUT2D eigenvalue weighted by molar-refractivity contribution is 0.523. The summed E-state index contributed by atoms with van der Waals surface area (Å²) in [5.41, 5.74) is 2.94. The van der Waals surface area contributed by atoms with E-state index >= 15 is 0 Å². The SMILES string of the molecule is Cc1ccc(CNCCN2CC(C)Cc3ccccc32)s1. The molecule has 0 fully saturated rings. The van der Waals surface area contributed by atoms with Crippen molar-refractivity contribution < 1.29 is 0 Å². The van der Waals surface area contributed by atoms with Crippen LogP contribution in [0, 0.1) is 12.8 Å². The van der Waals surface area contributed by atoms with E-state index in [4.69, 9.17) is 0 Å². The molecule has 0 spiro atoms. The van der Waals surface area contributed by atoms with Gasteiger partial charge in [0, 0.05) is 41.6 Å². The number of benzene rings is 1. The zero-order chi connectivity index (χ0) is 14.7. The van der Waals surface area contributed by atoms with E-state index in [2.05, 4.69) is 60.5 Å². The van der Waals surface area contributed by atoms with Crippen LogP contribution < -0.4 is 10.2 Å². The van der Waals surface area contributed by atoms with Crippen LogP contribution in [0.4, 0.5) is 5.69 Å². The molecule has 1 atom stereocenters. The summed E-state index contributed by atoms with van der Waals surface area (Å²) in [4.78, 5) is 5.36. The first-order chi connectivity index (χ1) is 10.2. The number of fused-ring (bicyclic) bond motifs is 1. The molecule has 0 saturated carbocycles. The summed E-state index contributed by atoms with van der Waals surface area (Å²) in [5.74, 6) is 0.750. The highest BCUT2D eigenvalue weighted by molar-refractivity contribution is 7.11. The Morgan fingerprint density at radius 1 is 1.24 bits per heavy atom. The van der Waals surface area contributed by atoms with Gasteiger partial charge in [-0.2, -0.15) is 0 Å². The Kier molecular flexibility index (Phi) is 4.61. The van der Waals surface area contributed by atoms with E-state index in [0.717, 1.165) is 25.6 Å². The predicted molar refractivity (Wildman–Crippen MR) is 92.3 cm³/mol. The summed E-state index contributed by atoms with van der Waals surface area (Å²) < 4.78 is 0. The minimum atomic E-state index is 0.750. The highest BCUT2D eigenvalue weighted by atomic mass is 32.1. The second-order valence-electron chi connectivity index (χ2n) is 6.07. The number of nitrogens with zero attached hydrogens (tertiary/aromatic N) is 1. The molecule has 2 aromatic rings. The zero-order valence-electron chi connectivity index (χ0n) is 12.9. The Labute approximate surface area is 131 Å². The van der Waals surface area contributed by atoms with Gasteiger partial charge in [-0.05, 0) is 43.0 Å². The highest BCUT2D eigenvalue weighted by Gasteiger charge is 2.20. The van der Waals surface area contributed by atoms with Gasteiger partial charge in [-0.3, -0.25) is 0 Å². The first-order valence-corrected chi connectivity index (χ1v) is 8.63. The molecule has 1 aliphatic heterocycles. The van der Waals surface area contributed by atoms with Gasteiger partial charge in [-0.1, -0.05) is 25.1 Å². The summed E-state index contributed by atoms with van der Waals surface area (Å²) in [6.07, 6.45) is 1.22. The molecule has 1 unspecified atom stereocenters. The van der Waals surface area contributed by atoms with Crippen molar-refractivity contribution in [2.75, 3.05) is 24.5 Å². The fourth-order valence-electron chi connectivity index (χ4n) is 3.12. The molecule has 0 saturated heterocycles. The normalized spacial score (nSPS) is 17.8. The van der Waals surface area contributed by atoms with Crippen LogP contribution in [-0.4, -0.2) is 19.6 Å². The number of anilines is 1. The van der Waals surface area contributed by atoms with Gasteiger partial charge in [0.15, 0.2) is 0 Å². The minimum absolute atomic E-state index is 0.750. The Balaban J connectivity index is 1.53. The van der Waals surface area contributed by atoms with Gasteiger partial charge in [0.2, 0.25) is 0 Å². The average molecular weight is 300 g/mol. The van der Waals surface area contributed by atoms with Crippen LogP contribution in [-0.2, 0) is 13.0 Å². The van der Waals surface area contributed by atoms with E-state index in [-0.39, 0.29) is 0 Å². The van der Waals surface area contributed by atoms with Crippen LogP contribution in [0.15, 0.2) is 36.4 Å². The predicted octanol–water partition coefficient (Wildman–Crippen LogP) is 3.84. The van der Waals surface area contributed by atoms with E-state index < -0.39 is 0 Å². The molecule has 112 valence electrons. The average Bonchev–Trinajstić information content (AvgIpc) is 2.89. The molecule has 2 heterocycles. The summed E-state index contributed by atoms with van der Waals surface area (Å²) in [7, 11) is 0. The lowest BCUT2D eigenvalue weighted by Crippen LogP contribution is -2.38. The van der Waals surface area contributed by atoms with Gasteiger partial charge in [-0.25, -0.2) is 0 Å². The van der Waals surface area contributed by atoms with Gasteiger partial charge in [0.1, 0.15) is 0 Å². The number of aryl methyl sites for hydroxylation is 1. The fraction of sp³-hybridized carbons (Fsp3) is 0.444. The Morgan fingerprint density at radius 3 is 2.90 bits per heavy atom. The van der Waals surface area contributed by atoms with E-state index in [1.807, 2.05) is 11.3 Å². The van der Waals surface area contributed by atoms with Crippen LogP contribution in [0.1, 0.15) is 22.2 Å². The van der Waals surface area contributed by atoms with E-state index in [1.165, 1.54) is 34.0 Å². The quantitative estimate of drug-likeness (QED) is 0.844. The molecule has 3 heteroatoms. The molecule has 0 bridgehead atoms. The summed E-state index contributed by atoms with van der Waals surface area (Å²) in [6.45, 7) is 8.81. The van der Waals surface area contributed by atoms with Crippen molar-refractivity contribution in [3.63, 3.8) is 0 Å². The number of para-hydroxylation sites is 1. The maximum Gasteiger partial charge on any atom is 0.0399 e. The third-order valence-electron chi connectivity index (χ3n) is 4.09. The molecule has 0 radical (unpaired) electrons. The molecular formula is C18H24N2S. The lowest BCUT2D eigenvalue weighted by Gasteiger charge is -2.35. The van der Waals surface area contributed by atoms with Crippen LogP contribution in [0.3, 0.4) is 0 Å².